The van der Waals surface area contributed by atoms with E-state index in [9.17, 15) is 4.79 Å². The Morgan fingerprint density at radius 2 is 2.26 bits per heavy atom. The van der Waals surface area contributed by atoms with E-state index >= 15 is 0 Å². The minimum atomic E-state index is 0.0332. The van der Waals surface area contributed by atoms with Crippen LogP contribution in [0.25, 0.3) is 0 Å². The maximum Gasteiger partial charge on any atom is 0.238 e. The van der Waals surface area contributed by atoms with Crippen LogP contribution in [0.1, 0.15) is 12.0 Å². The van der Waals surface area contributed by atoms with E-state index in [0.717, 1.165) is 17.0 Å². The third kappa shape index (κ3) is 4.56. The zero-order valence-corrected chi connectivity index (χ0v) is 14.0. The zero-order valence-electron chi connectivity index (χ0n) is 13.2. The Morgan fingerprint density at radius 1 is 1.43 bits per heavy atom. The van der Waals surface area contributed by atoms with Crippen molar-refractivity contribution < 1.29 is 4.79 Å². The van der Waals surface area contributed by atoms with Crippen molar-refractivity contribution in [2.75, 3.05) is 30.4 Å². The fraction of sp³-hybridized carbons (Fsp3) is 0.438. The minimum Gasteiger partial charge on any atom is -0.325 e. The van der Waals surface area contributed by atoms with Gasteiger partial charge in [-0.25, -0.2) is 0 Å². The van der Waals surface area contributed by atoms with Crippen LogP contribution in [-0.4, -0.2) is 56.7 Å². The molecule has 0 bridgehead atoms. The Morgan fingerprint density at radius 3 is 3.00 bits per heavy atom. The number of aromatic nitrogens is 3. The van der Waals surface area contributed by atoms with Crippen molar-refractivity contribution in [3.05, 3.63) is 42.5 Å². The predicted octanol–water partition coefficient (Wildman–Crippen LogP) is 1.70. The van der Waals surface area contributed by atoms with Gasteiger partial charge in [-0.1, -0.05) is 12.1 Å². The molecular formula is C16H21N5OS. The molecule has 0 aliphatic carbocycles. The standard InChI is InChI=1S/C16H21N5OS/c1-20(15-5-6-23-10-15)9-16(22)19-14-4-2-3-13(7-14)8-21-11-17-18-12-21/h2-4,7,11-12,15H,5-6,8-10H2,1H3,(H,19,22)/t15-/m0/s1. The van der Waals surface area contributed by atoms with Gasteiger partial charge >= 0.3 is 0 Å². The summed E-state index contributed by atoms with van der Waals surface area (Å²) in [6.07, 6.45) is 4.53. The largest absolute Gasteiger partial charge is 0.325 e. The van der Waals surface area contributed by atoms with E-state index in [0.29, 0.717) is 19.1 Å². The molecule has 0 unspecified atom stereocenters. The molecule has 1 amide bonds. The van der Waals surface area contributed by atoms with Gasteiger partial charge in [0.2, 0.25) is 5.91 Å². The fourth-order valence-corrected chi connectivity index (χ4v) is 3.99. The first-order valence-electron chi connectivity index (χ1n) is 7.70. The van der Waals surface area contributed by atoms with Crippen molar-refractivity contribution in [3.8, 4) is 0 Å². The maximum absolute atomic E-state index is 12.2. The summed E-state index contributed by atoms with van der Waals surface area (Å²) in [5, 5.41) is 10.6. The number of thioether (sulfide) groups is 1. The van der Waals surface area contributed by atoms with Crippen molar-refractivity contribution in [1.82, 2.24) is 19.7 Å². The third-order valence-electron chi connectivity index (χ3n) is 3.96. The maximum atomic E-state index is 12.2. The Kier molecular flexibility index (Phi) is 5.30. The van der Waals surface area contributed by atoms with Gasteiger partial charge in [0.15, 0.2) is 0 Å². The molecular weight excluding hydrogens is 310 g/mol. The number of carbonyl (C=O) groups is 1. The van der Waals surface area contributed by atoms with Crippen LogP contribution in [0.3, 0.4) is 0 Å². The number of anilines is 1. The highest BCUT2D eigenvalue weighted by atomic mass is 32.2. The van der Waals surface area contributed by atoms with Crippen molar-refractivity contribution in [2.24, 2.45) is 0 Å². The van der Waals surface area contributed by atoms with Gasteiger partial charge in [0.1, 0.15) is 12.7 Å². The highest BCUT2D eigenvalue weighted by Crippen LogP contribution is 2.21. The molecule has 1 aliphatic heterocycles. The number of amides is 1. The van der Waals surface area contributed by atoms with Gasteiger partial charge < -0.3 is 9.88 Å². The monoisotopic (exact) mass is 331 g/mol. The highest BCUT2D eigenvalue weighted by Gasteiger charge is 2.21. The Balaban J connectivity index is 1.55. The lowest BCUT2D eigenvalue weighted by atomic mass is 10.2. The molecule has 1 aliphatic rings. The summed E-state index contributed by atoms with van der Waals surface area (Å²) in [5.74, 6) is 2.35. The summed E-state index contributed by atoms with van der Waals surface area (Å²) in [7, 11) is 2.03. The van der Waals surface area contributed by atoms with Gasteiger partial charge in [-0.05, 0) is 36.9 Å². The normalized spacial score (nSPS) is 17.6. The number of likely N-dealkylation sites (N-methyl/N-ethyl adjacent to an activating group) is 1. The second kappa shape index (κ2) is 7.61. The summed E-state index contributed by atoms with van der Waals surface area (Å²) in [6.45, 7) is 1.12. The van der Waals surface area contributed by atoms with Gasteiger partial charge in [0.25, 0.3) is 0 Å². The molecule has 23 heavy (non-hydrogen) atoms. The van der Waals surface area contributed by atoms with Crippen LogP contribution in [0.4, 0.5) is 5.69 Å². The second-order valence-electron chi connectivity index (χ2n) is 5.82. The van der Waals surface area contributed by atoms with Gasteiger partial charge in [0.05, 0.1) is 13.1 Å². The summed E-state index contributed by atoms with van der Waals surface area (Å²) in [4.78, 5) is 14.4. The summed E-state index contributed by atoms with van der Waals surface area (Å²) in [5.41, 5.74) is 1.93. The molecule has 6 nitrogen and oxygen atoms in total. The van der Waals surface area contributed by atoms with Crippen LogP contribution in [0.2, 0.25) is 0 Å². The molecule has 1 aromatic heterocycles. The number of rotatable bonds is 6. The molecule has 1 aromatic carbocycles. The van der Waals surface area contributed by atoms with Gasteiger partial charge in [-0.3, -0.25) is 9.69 Å². The van der Waals surface area contributed by atoms with Gasteiger partial charge in [-0.15, -0.1) is 10.2 Å². The average Bonchev–Trinajstić information content (AvgIpc) is 3.20. The van der Waals surface area contributed by atoms with Crippen molar-refractivity contribution in [2.45, 2.75) is 19.0 Å². The quantitative estimate of drug-likeness (QED) is 0.873. The molecule has 1 saturated heterocycles. The molecule has 1 fully saturated rings. The molecule has 0 saturated carbocycles. The number of benzene rings is 1. The van der Waals surface area contributed by atoms with Crippen LogP contribution in [0.5, 0.6) is 0 Å². The Labute approximate surface area is 140 Å². The number of nitrogens with zero attached hydrogens (tertiary/aromatic N) is 4. The first-order valence-corrected chi connectivity index (χ1v) is 8.85. The highest BCUT2D eigenvalue weighted by molar-refractivity contribution is 7.99. The van der Waals surface area contributed by atoms with Crippen LogP contribution >= 0.6 is 11.8 Å². The number of hydrogen-bond donors (Lipinski definition) is 1. The van der Waals surface area contributed by atoms with E-state index in [4.69, 9.17) is 0 Å². The number of nitrogens with one attached hydrogen (secondary N) is 1. The average molecular weight is 331 g/mol. The van der Waals surface area contributed by atoms with Crippen LogP contribution < -0.4 is 5.32 Å². The fourth-order valence-electron chi connectivity index (χ4n) is 2.69. The summed E-state index contributed by atoms with van der Waals surface area (Å²) < 4.78 is 1.90. The van der Waals surface area contributed by atoms with E-state index in [1.54, 1.807) is 12.7 Å². The molecule has 2 heterocycles. The smallest absolute Gasteiger partial charge is 0.238 e. The third-order valence-corrected chi connectivity index (χ3v) is 5.11. The van der Waals surface area contributed by atoms with E-state index in [2.05, 4.69) is 20.4 Å². The van der Waals surface area contributed by atoms with Gasteiger partial charge in [-0.2, -0.15) is 11.8 Å². The van der Waals surface area contributed by atoms with Crippen molar-refractivity contribution in [3.63, 3.8) is 0 Å². The summed E-state index contributed by atoms with van der Waals surface area (Å²) in [6, 6.07) is 8.40. The predicted molar refractivity (Wildman–Crippen MR) is 92.6 cm³/mol. The molecule has 2 aromatic rings. The lowest BCUT2D eigenvalue weighted by molar-refractivity contribution is -0.117. The zero-order chi connectivity index (χ0) is 16.1. The minimum absolute atomic E-state index is 0.0332. The number of carbonyl (C=O) groups excluding carboxylic acids is 1. The SMILES string of the molecule is CN(CC(=O)Nc1cccc(Cn2cnnc2)c1)[C@H]1CCSC1. The molecule has 122 valence electrons. The molecule has 3 rings (SSSR count). The first kappa shape index (κ1) is 16.0. The second-order valence-corrected chi connectivity index (χ2v) is 6.97. The van der Waals surface area contributed by atoms with E-state index in [1.807, 2.05) is 47.6 Å². The Hall–Kier alpha value is -1.86. The lowest BCUT2D eigenvalue weighted by Gasteiger charge is -2.22. The van der Waals surface area contributed by atoms with Crippen LogP contribution in [0.15, 0.2) is 36.9 Å². The van der Waals surface area contributed by atoms with Gasteiger partial charge in [0, 0.05) is 17.5 Å². The molecule has 1 atom stereocenters. The van der Waals surface area contributed by atoms with E-state index in [-0.39, 0.29) is 5.91 Å². The Bertz CT molecular complexity index is 640. The first-order chi connectivity index (χ1) is 11.2. The van der Waals surface area contributed by atoms with Crippen molar-refractivity contribution >= 4 is 23.4 Å². The van der Waals surface area contributed by atoms with E-state index < -0.39 is 0 Å². The summed E-state index contributed by atoms with van der Waals surface area (Å²) >= 11 is 1.96. The molecule has 1 N–H and O–H groups in total. The van der Waals surface area contributed by atoms with E-state index in [1.165, 1.54) is 12.2 Å². The number of hydrogen-bond acceptors (Lipinski definition) is 5. The molecule has 0 spiro atoms. The molecule has 0 radical (unpaired) electrons. The lowest BCUT2D eigenvalue weighted by Crippen LogP contribution is -2.38. The molecule has 7 heteroatoms. The topological polar surface area (TPSA) is 63.1 Å². The van der Waals surface area contributed by atoms with Crippen molar-refractivity contribution in [1.29, 1.82) is 0 Å². The van der Waals surface area contributed by atoms with Crippen LogP contribution in [0, 0.1) is 0 Å². The van der Waals surface area contributed by atoms with Crippen LogP contribution in [-0.2, 0) is 11.3 Å².